The quantitative estimate of drug-likeness (QED) is 0.453. The molecule has 1 fully saturated rings. The summed E-state index contributed by atoms with van der Waals surface area (Å²) in [6, 6.07) is -0.372. The van der Waals surface area contributed by atoms with Crippen LogP contribution in [0.5, 0.6) is 0 Å². The molecular weight excluding hydrogens is 258 g/mol. The topological polar surface area (TPSA) is 78.6 Å². The minimum Gasteiger partial charge on any atom is -0.466 e. The summed E-state index contributed by atoms with van der Waals surface area (Å²) in [5.74, 6) is -1.17. The van der Waals surface area contributed by atoms with Crippen LogP contribution in [0, 0.1) is 17.8 Å². The maximum Gasteiger partial charge on any atom is 0.330 e. The Balaban J connectivity index is 2.75. The lowest BCUT2D eigenvalue weighted by molar-refractivity contribution is -0.149. The summed E-state index contributed by atoms with van der Waals surface area (Å²) in [6.07, 6.45) is 5.52. The molecule has 5 heteroatoms. The van der Waals surface area contributed by atoms with Crippen molar-refractivity contribution in [2.75, 3.05) is 13.2 Å². The normalized spacial score (nSPS) is 29.4. The van der Waals surface area contributed by atoms with Crippen LogP contribution in [0.3, 0.4) is 0 Å². The SMILES string of the molecule is C=C[C@H]1C[C@@H](/C=C/C(=O)OCC)[C@H](N)[C@@H]1C(=O)OCC. The van der Waals surface area contributed by atoms with Crippen LogP contribution in [0.2, 0.25) is 0 Å². The van der Waals surface area contributed by atoms with Crippen molar-refractivity contribution < 1.29 is 19.1 Å². The Hall–Kier alpha value is -1.62. The number of hydrogen-bond donors (Lipinski definition) is 1. The number of esters is 2. The lowest BCUT2D eigenvalue weighted by Crippen LogP contribution is -2.37. The second-order valence-corrected chi connectivity index (χ2v) is 4.77. The third kappa shape index (κ3) is 3.93. The molecule has 1 rings (SSSR count). The molecule has 20 heavy (non-hydrogen) atoms. The highest BCUT2D eigenvalue weighted by atomic mass is 16.5. The fourth-order valence-corrected chi connectivity index (χ4v) is 2.58. The molecule has 0 radical (unpaired) electrons. The molecule has 0 aromatic heterocycles. The third-order valence-corrected chi connectivity index (χ3v) is 3.54. The van der Waals surface area contributed by atoms with Crippen LogP contribution >= 0.6 is 0 Å². The van der Waals surface area contributed by atoms with Crippen molar-refractivity contribution in [3.63, 3.8) is 0 Å². The average Bonchev–Trinajstić information content (AvgIpc) is 2.73. The highest BCUT2D eigenvalue weighted by Crippen LogP contribution is 2.37. The van der Waals surface area contributed by atoms with E-state index in [2.05, 4.69) is 6.58 Å². The summed E-state index contributed by atoms with van der Waals surface area (Å²) in [4.78, 5) is 23.3. The first-order chi connectivity index (χ1) is 9.54. The summed E-state index contributed by atoms with van der Waals surface area (Å²) < 4.78 is 9.88. The highest BCUT2D eigenvalue weighted by molar-refractivity contribution is 5.82. The first kappa shape index (κ1) is 16.4. The number of carbonyl (C=O) groups excluding carboxylic acids is 2. The van der Waals surface area contributed by atoms with E-state index in [0.717, 1.165) is 0 Å². The molecule has 1 aliphatic carbocycles. The van der Waals surface area contributed by atoms with Gasteiger partial charge in [0.15, 0.2) is 0 Å². The van der Waals surface area contributed by atoms with E-state index in [9.17, 15) is 9.59 Å². The van der Waals surface area contributed by atoms with Crippen molar-refractivity contribution in [1.29, 1.82) is 0 Å². The Labute approximate surface area is 119 Å². The molecule has 0 heterocycles. The fourth-order valence-electron chi connectivity index (χ4n) is 2.58. The first-order valence-electron chi connectivity index (χ1n) is 6.94. The largest absolute Gasteiger partial charge is 0.466 e. The van der Waals surface area contributed by atoms with E-state index in [0.29, 0.717) is 19.6 Å². The van der Waals surface area contributed by atoms with Crippen molar-refractivity contribution in [1.82, 2.24) is 0 Å². The molecule has 0 saturated heterocycles. The predicted molar refractivity (Wildman–Crippen MR) is 75.7 cm³/mol. The van der Waals surface area contributed by atoms with Gasteiger partial charge in [0.05, 0.1) is 19.1 Å². The van der Waals surface area contributed by atoms with Crippen LogP contribution < -0.4 is 5.73 Å². The second-order valence-electron chi connectivity index (χ2n) is 4.77. The van der Waals surface area contributed by atoms with Crippen LogP contribution in [0.25, 0.3) is 0 Å². The first-order valence-corrected chi connectivity index (χ1v) is 6.94. The molecule has 0 aromatic rings. The van der Waals surface area contributed by atoms with Gasteiger partial charge in [0.25, 0.3) is 0 Å². The van der Waals surface area contributed by atoms with Crippen molar-refractivity contribution in [3.05, 3.63) is 24.8 Å². The van der Waals surface area contributed by atoms with Gasteiger partial charge in [-0.2, -0.15) is 0 Å². The molecule has 0 spiro atoms. The van der Waals surface area contributed by atoms with Crippen molar-refractivity contribution in [2.45, 2.75) is 26.3 Å². The molecule has 5 nitrogen and oxygen atoms in total. The van der Waals surface area contributed by atoms with Gasteiger partial charge in [0.1, 0.15) is 0 Å². The molecule has 4 atom stereocenters. The maximum absolute atomic E-state index is 11.9. The van der Waals surface area contributed by atoms with Gasteiger partial charge in [-0.3, -0.25) is 4.79 Å². The van der Waals surface area contributed by atoms with Gasteiger partial charge >= 0.3 is 11.9 Å². The number of rotatable bonds is 6. The van der Waals surface area contributed by atoms with E-state index < -0.39 is 11.9 Å². The van der Waals surface area contributed by atoms with Gasteiger partial charge in [-0.15, -0.1) is 6.58 Å². The van der Waals surface area contributed by atoms with Crippen molar-refractivity contribution in [3.8, 4) is 0 Å². The summed E-state index contributed by atoms with van der Waals surface area (Å²) in [5, 5.41) is 0. The monoisotopic (exact) mass is 281 g/mol. The zero-order valence-corrected chi connectivity index (χ0v) is 12.1. The van der Waals surface area contributed by atoms with Crippen LogP contribution in [0.15, 0.2) is 24.8 Å². The van der Waals surface area contributed by atoms with Gasteiger partial charge in [0, 0.05) is 12.1 Å². The summed E-state index contributed by atoms with van der Waals surface area (Å²) >= 11 is 0. The number of nitrogens with two attached hydrogens (primary N) is 1. The molecule has 112 valence electrons. The number of allylic oxidation sites excluding steroid dienone is 1. The van der Waals surface area contributed by atoms with Gasteiger partial charge in [-0.1, -0.05) is 12.2 Å². The fraction of sp³-hybridized carbons (Fsp3) is 0.600. The summed E-state index contributed by atoms with van der Waals surface area (Å²) in [7, 11) is 0. The van der Waals surface area contributed by atoms with E-state index in [1.807, 2.05) is 0 Å². The molecule has 0 amide bonds. The molecule has 0 aromatic carbocycles. The second kappa shape index (κ2) is 7.85. The van der Waals surface area contributed by atoms with Gasteiger partial charge < -0.3 is 15.2 Å². The van der Waals surface area contributed by atoms with Crippen LogP contribution in [0.4, 0.5) is 0 Å². The molecule has 1 aliphatic rings. The van der Waals surface area contributed by atoms with Crippen LogP contribution in [-0.2, 0) is 19.1 Å². The molecule has 0 bridgehead atoms. The zero-order valence-electron chi connectivity index (χ0n) is 12.1. The molecule has 0 aliphatic heterocycles. The summed E-state index contributed by atoms with van der Waals surface area (Å²) in [5.41, 5.74) is 6.13. The average molecular weight is 281 g/mol. The Morgan fingerprint density at radius 3 is 2.45 bits per heavy atom. The van der Waals surface area contributed by atoms with E-state index in [4.69, 9.17) is 15.2 Å². The lowest BCUT2D eigenvalue weighted by Gasteiger charge is -2.19. The smallest absolute Gasteiger partial charge is 0.330 e. The van der Waals surface area contributed by atoms with Crippen LogP contribution in [-0.4, -0.2) is 31.2 Å². The molecule has 1 saturated carbocycles. The maximum atomic E-state index is 11.9. The Kier molecular flexibility index (Phi) is 6.45. The van der Waals surface area contributed by atoms with Gasteiger partial charge in [-0.05, 0) is 32.1 Å². The number of carbonyl (C=O) groups is 2. The van der Waals surface area contributed by atoms with Crippen molar-refractivity contribution >= 4 is 11.9 Å². The summed E-state index contributed by atoms with van der Waals surface area (Å²) in [6.45, 7) is 7.92. The molecule has 2 N–H and O–H groups in total. The minimum atomic E-state index is -0.399. The predicted octanol–water partition coefficient (Wildman–Crippen LogP) is 1.43. The molecule has 0 unspecified atom stereocenters. The number of ether oxygens (including phenoxy) is 2. The van der Waals surface area contributed by atoms with E-state index >= 15 is 0 Å². The minimum absolute atomic E-state index is 0.0269. The van der Waals surface area contributed by atoms with E-state index in [1.165, 1.54) is 6.08 Å². The Morgan fingerprint density at radius 2 is 1.90 bits per heavy atom. The van der Waals surface area contributed by atoms with Gasteiger partial charge in [0.2, 0.25) is 0 Å². The van der Waals surface area contributed by atoms with Gasteiger partial charge in [-0.25, -0.2) is 4.79 Å². The standard InChI is InChI=1S/C15H23NO4/c1-4-10-9-11(7-8-12(17)19-5-2)14(16)13(10)15(18)20-6-3/h4,7-8,10-11,13-14H,1,5-6,9,16H2,2-3H3/b8-7+/t10-,11+,13+,14-/m0/s1. The lowest BCUT2D eigenvalue weighted by atomic mass is 9.93. The number of hydrogen-bond acceptors (Lipinski definition) is 5. The van der Waals surface area contributed by atoms with Crippen LogP contribution in [0.1, 0.15) is 20.3 Å². The van der Waals surface area contributed by atoms with E-state index in [1.54, 1.807) is 26.0 Å². The van der Waals surface area contributed by atoms with Crippen molar-refractivity contribution in [2.24, 2.45) is 23.5 Å². The molecular formula is C15H23NO4. The highest BCUT2D eigenvalue weighted by Gasteiger charge is 2.43. The third-order valence-electron chi connectivity index (χ3n) is 3.54. The Morgan fingerprint density at radius 1 is 1.25 bits per heavy atom. The van der Waals surface area contributed by atoms with E-state index in [-0.39, 0.29) is 23.8 Å². The Bertz CT molecular complexity index is 391. The zero-order chi connectivity index (χ0) is 15.1.